The molecule has 0 saturated carbocycles. The Balaban J connectivity index is 1.56. The molecule has 1 aliphatic rings. The molecule has 3 aromatic carbocycles. The number of sulfonamides is 1. The zero-order valence-corrected chi connectivity index (χ0v) is 16.9. The highest BCUT2D eigenvalue weighted by molar-refractivity contribution is 7.90. The highest BCUT2D eigenvalue weighted by Gasteiger charge is 2.28. The Morgan fingerprint density at radius 2 is 1.72 bits per heavy atom. The van der Waals surface area contributed by atoms with Crippen molar-refractivity contribution in [1.82, 2.24) is 0 Å². The van der Waals surface area contributed by atoms with Crippen molar-refractivity contribution >= 4 is 50.7 Å². The number of hydrogen-bond donors (Lipinski definition) is 1. The molecule has 0 bridgehead atoms. The smallest absolute Gasteiger partial charge is 0.343 e. The predicted octanol–water partition coefficient (Wildman–Crippen LogP) is 4.77. The number of carbonyl (C=O) groups is 1. The third kappa shape index (κ3) is 3.98. The van der Waals surface area contributed by atoms with Crippen LogP contribution in [-0.4, -0.2) is 20.2 Å². The van der Waals surface area contributed by atoms with Gasteiger partial charge in [0.15, 0.2) is 5.84 Å². The van der Waals surface area contributed by atoms with E-state index in [1.54, 1.807) is 42.5 Å². The Morgan fingerprint density at radius 1 is 0.931 bits per heavy atom. The van der Waals surface area contributed by atoms with Crippen molar-refractivity contribution in [3.8, 4) is 5.75 Å². The van der Waals surface area contributed by atoms with Crippen LogP contribution in [0.3, 0.4) is 0 Å². The lowest BCUT2D eigenvalue weighted by Crippen LogP contribution is -2.12. The molecule has 0 spiro atoms. The molecule has 1 heterocycles. The lowest BCUT2D eigenvalue weighted by molar-refractivity contribution is 0.0735. The maximum atomic E-state index is 12.3. The molecule has 9 heteroatoms. The molecule has 1 aliphatic heterocycles. The molecule has 0 unspecified atom stereocenters. The highest BCUT2D eigenvalue weighted by Crippen LogP contribution is 2.28. The summed E-state index contributed by atoms with van der Waals surface area (Å²) in [6.45, 7) is 0. The number of hydrogen-bond acceptors (Lipinski definition) is 5. The number of amidine groups is 1. The number of ether oxygens (including phenoxy) is 1. The van der Waals surface area contributed by atoms with Gasteiger partial charge in [0.1, 0.15) is 10.6 Å². The molecular weight excluding hydrogens is 435 g/mol. The highest BCUT2D eigenvalue weighted by atomic mass is 35.5. The monoisotopic (exact) mass is 446 g/mol. The van der Waals surface area contributed by atoms with Crippen molar-refractivity contribution in [2.75, 3.05) is 5.32 Å². The van der Waals surface area contributed by atoms with Gasteiger partial charge >= 0.3 is 5.97 Å². The maximum Gasteiger partial charge on any atom is 0.343 e. The van der Waals surface area contributed by atoms with Crippen molar-refractivity contribution in [3.05, 3.63) is 87.9 Å². The molecule has 0 aromatic heterocycles. The Hall–Kier alpha value is -2.87. The molecular formula is C20H12Cl2N2O4S. The first-order chi connectivity index (χ1) is 13.8. The first kappa shape index (κ1) is 19.4. The van der Waals surface area contributed by atoms with Gasteiger partial charge in [0.2, 0.25) is 0 Å². The number of nitrogens with one attached hydrogen (secondary N) is 1. The topological polar surface area (TPSA) is 84.8 Å². The van der Waals surface area contributed by atoms with Crippen LogP contribution < -0.4 is 10.1 Å². The molecule has 29 heavy (non-hydrogen) atoms. The van der Waals surface area contributed by atoms with E-state index in [1.165, 1.54) is 24.3 Å². The average molecular weight is 447 g/mol. The van der Waals surface area contributed by atoms with Crippen LogP contribution in [0.2, 0.25) is 10.0 Å². The summed E-state index contributed by atoms with van der Waals surface area (Å²) in [4.78, 5) is 12.5. The molecule has 1 N–H and O–H groups in total. The molecule has 0 aliphatic carbocycles. The van der Waals surface area contributed by atoms with Crippen molar-refractivity contribution in [2.45, 2.75) is 4.90 Å². The molecule has 0 saturated heterocycles. The summed E-state index contributed by atoms with van der Waals surface area (Å²) >= 11 is 11.8. The van der Waals surface area contributed by atoms with Gasteiger partial charge in [-0.3, -0.25) is 0 Å². The van der Waals surface area contributed by atoms with Crippen LogP contribution in [0.5, 0.6) is 5.75 Å². The van der Waals surface area contributed by atoms with Gasteiger partial charge in [-0.1, -0.05) is 41.4 Å². The molecule has 0 atom stereocenters. The molecule has 146 valence electrons. The summed E-state index contributed by atoms with van der Waals surface area (Å²) in [5, 5.41) is 3.54. The van der Waals surface area contributed by atoms with E-state index in [2.05, 4.69) is 9.71 Å². The Labute approximate surface area is 176 Å². The fourth-order valence-corrected chi connectivity index (χ4v) is 4.23. The molecule has 0 radical (unpaired) electrons. The van der Waals surface area contributed by atoms with E-state index in [0.717, 1.165) is 0 Å². The van der Waals surface area contributed by atoms with E-state index in [-0.39, 0.29) is 27.1 Å². The van der Waals surface area contributed by atoms with Gasteiger partial charge in [-0.25, -0.2) is 4.79 Å². The van der Waals surface area contributed by atoms with Crippen LogP contribution in [-0.2, 0) is 10.0 Å². The molecule has 0 amide bonds. The summed E-state index contributed by atoms with van der Waals surface area (Å²) in [6, 6.07) is 17.5. The molecule has 6 nitrogen and oxygen atoms in total. The minimum atomic E-state index is -3.73. The molecule has 4 rings (SSSR count). The summed E-state index contributed by atoms with van der Waals surface area (Å²) in [5.41, 5.74) is 1.23. The van der Waals surface area contributed by atoms with E-state index in [1.807, 2.05) is 0 Å². The minimum absolute atomic E-state index is 0.143. The van der Waals surface area contributed by atoms with Crippen LogP contribution in [0.15, 0.2) is 76.0 Å². The number of nitrogens with zero attached hydrogens (tertiary/aromatic N) is 1. The number of halogens is 2. The Kier molecular flexibility index (Phi) is 5.04. The lowest BCUT2D eigenvalue weighted by Gasteiger charge is -2.09. The Bertz CT molecular complexity index is 1270. The summed E-state index contributed by atoms with van der Waals surface area (Å²) < 4.78 is 33.5. The van der Waals surface area contributed by atoms with E-state index in [4.69, 9.17) is 27.9 Å². The first-order valence-electron chi connectivity index (χ1n) is 8.32. The summed E-state index contributed by atoms with van der Waals surface area (Å²) in [5.74, 6) is -0.138. The van der Waals surface area contributed by atoms with Crippen LogP contribution in [0.4, 0.5) is 5.69 Å². The van der Waals surface area contributed by atoms with E-state index in [0.29, 0.717) is 16.3 Å². The average Bonchev–Trinajstić information content (AvgIpc) is 2.95. The number of esters is 1. The second-order valence-electron chi connectivity index (χ2n) is 6.08. The number of carbonyl (C=O) groups excluding carboxylic acids is 1. The minimum Gasteiger partial charge on any atom is -0.423 e. The van der Waals surface area contributed by atoms with Gasteiger partial charge in [-0.2, -0.15) is 8.42 Å². The molecule has 0 fully saturated rings. The maximum absolute atomic E-state index is 12.3. The SMILES string of the molecule is O=C(Oc1cccc(NC2=NS(=O)(=O)c3ccccc32)c1)c1ccc(Cl)c(Cl)c1. The third-order valence-electron chi connectivity index (χ3n) is 4.09. The summed E-state index contributed by atoms with van der Waals surface area (Å²) in [6.07, 6.45) is 0. The number of anilines is 1. The Morgan fingerprint density at radius 3 is 2.52 bits per heavy atom. The van der Waals surface area contributed by atoms with Gasteiger partial charge in [0, 0.05) is 17.3 Å². The van der Waals surface area contributed by atoms with Crippen LogP contribution in [0.1, 0.15) is 15.9 Å². The van der Waals surface area contributed by atoms with Crippen molar-refractivity contribution in [3.63, 3.8) is 0 Å². The van der Waals surface area contributed by atoms with E-state index in [9.17, 15) is 13.2 Å². The third-order valence-corrected chi connectivity index (χ3v) is 6.17. The first-order valence-corrected chi connectivity index (χ1v) is 10.5. The predicted molar refractivity (Wildman–Crippen MR) is 112 cm³/mol. The number of fused-ring (bicyclic) bond motifs is 1. The fourth-order valence-electron chi connectivity index (χ4n) is 2.76. The van der Waals surface area contributed by atoms with Crippen molar-refractivity contribution in [2.24, 2.45) is 4.40 Å². The van der Waals surface area contributed by atoms with E-state index < -0.39 is 16.0 Å². The zero-order chi connectivity index (χ0) is 20.6. The van der Waals surface area contributed by atoms with Gasteiger partial charge in [0.05, 0.1) is 15.6 Å². The number of rotatable bonds is 3. The normalized spacial score (nSPS) is 14.1. The second-order valence-corrected chi connectivity index (χ2v) is 8.47. The van der Waals surface area contributed by atoms with E-state index >= 15 is 0 Å². The standard InChI is InChI=1S/C20H12Cl2N2O4S/c21-16-9-8-12(10-17(16)22)20(25)28-14-5-3-4-13(11-14)23-19-15-6-1-2-7-18(15)29(26,27)24-19/h1-11H,(H,23,24). The largest absolute Gasteiger partial charge is 0.423 e. The van der Waals surface area contributed by atoms with Gasteiger partial charge in [-0.05, 0) is 42.5 Å². The zero-order valence-electron chi connectivity index (χ0n) is 14.6. The lowest BCUT2D eigenvalue weighted by atomic mass is 10.2. The van der Waals surface area contributed by atoms with Crippen LogP contribution in [0, 0.1) is 0 Å². The van der Waals surface area contributed by atoms with Gasteiger partial charge < -0.3 is 10.1 Å². The van der Waals surface area contributed by atoms with Crippen molar-refractivity contribution < 1.29 is 17.9 Å². The molecule has 3 aromatic rings. The van der Waals surface area contributed by atoms with Crippen molar-refractivity contribution in [1.29, 1.82) is 0 Å². The van der Waals surface area contributed by atoms with Gasteiger partial charge in [0.25, 0.3) is 10.0 Å². The number of benzene rings is 3. The van der Waals surface area contributed by atoms with Crippen LogP contribution >= 0.6 is 23.2 Å². The second kappa shape index (κ2) is 7.51. The summed E-state index contributed by atoms with van der Waals surface area (Å²) in [7, 11) is -3.73. The quantitative estimate of drug-likeness (QED) is 0.462. The van der Waals surface area contributed by atoms with Crippen LogP contribution in [0.25, 0.3) is 0 Å². The fraction of sp³-hybridized carbons (Fsp3) is 0. The van der Waals surface area contributed by atoms with Gasteiger partial charge in [-0.15, -0.1) is 4.40 Å².